The zero-order valence-electron chi connectivity index (χ0n) is 12.4. The summed E-state index contributed by atoms with van der Waals surface area (Å²) in [6.07, 6.45) is 5.68. The van der Waals surface area contributed by atoms with Gasteiger partial charge >= 0.3 is 0 Å². The Balaban J connectivity index is 1.94. The molecule has 3 rings (SSSR count). The third-order valence-corrected chi connectivity index (χ3v) is 4.08. The second-order valence-corrected chi connectivity index (χ2v) is 5.40. The molecule has 2 aromatic rings. The van der Waals surface area contributed by atoms with Crippen molar-refractivity contribution in [1.82, 2.24) is 9.78 Å². The lowest BCUT2D eigenvalue weighted by molar-refractivity contribution is 0.403. The molecule has 112 valence electrons. The quantitative estimate of drug-likeness (QED) is 0.856. The Kier molecular flexibility index (Phi) is 4.10. The van der Waals surface area contributed by atoms with Crippen LogP contribution in [-0.2, 0) is 0 Å². The largest absolute Gasteiger partial charge is 0.497 e. The van der Waals surface area contributed by atoms with E-state index in [1.807, 2.05) is 35.1 Å². The average Bonchev–Trinajstić information content (AvgIpc) is 2.87. The van der Waals surface area contributed by atoms with Crippen LogP contribution in [0.25, 0.3) is 5.69 Å². The van der Waals surface area contributed by atoms with E-state index >= 15 is 0 Å². The van der Waals surface area contributed by atoms with E-state index in [2.05, 4.69) is 10.4 Å². The minimum absolute atomic E-state index is 0.592. The second kappa shape index (κ2) is 6.18. The van der Waals surface area contributed by atoms with Crippen molar-refractivity contribution in [1.29, 1.82) is 0 Å². The maximum absolute atomic E-state index is 5.60. The fourth-order valence-electron chi connectivity index (χ4n) is 2.70. The van der Waals surface area contributed by atoms with Gasteiger partial charge in [-0.1, -0.05) is 6.42 Å². The van der Waals surface area contributed by atoms with E-state index in [0.717, 1.165) is 23.7 Å². The summed E-state index contributed by atoms with van der Waals surface area (Å²) in [5.74, 6) is 1.45. The summed E-state index contributed by atoms with van der Waals surface area (Å²) < 4.78 is 7.26. The number of anilines is 1. The van der Waals surface area contributed by atoms with Crippen molar-refractivity contribution >= 4 is 5.69 Å². The van der Waals surface area contributed by atoms with Crippen molar-refractivity contribution in [2.45, 2.75) is 25.2 Å². The first-order valence-electron chi connectivity index (χ1n) is 7.49. The maximum atomic E-state index is 5.60. The van der Waals surface area contributed by atoms with Crippen LogP contribution in [0.15, 0.2) is 30.5 Å². The van der Waals surface area contributed by atoms with Gasteiger partial charge in [-0.05, 0) is 37.1 Å². The molecule has 3 N–H and O–H groups in total. The van der Waals surface area contributed by atoms with Crippen molar-refractivity contribution in [3.63, 3.8) is 0 Å². The van der Waals surface area contributed by atoms with Crippen LogP contribution in [0.3, 0.4) is 0 Å². The number of aromatic nitrogens is 2. The molecule has 1 aromatic heterocycles. The maximum Gasteiger partial charge on any atom is 0.119 e. The zero-order chi connectivity index (χ0) is 14.7. The van der Waals surface area contributed by atoms with Crippen LogP contribution in [0.2, 0.25) is 0 Å². The Morgan fingerprint density at radius 3 is 2.67 bits per heavy atom. The van der Waals surface area contributed by atoms with Crippen molar-refractivity contribution in [2.75, 3.05) is 25.5 Å². The molecular weight excluding hydrogens is 264 g/mol. The van der Waals surface area contributed by atoms with Gasteiger partial charge in [0.05, 0.1) is 30.4 Å². The van der Waals surface area contributed by atoms with Gasteiger partial charge in [-0.15, -0.1) is 0 Å². The van der Waals surface area contributed by atoms with Crippen molar-refractivity contribution in [3.8, 4) is 11.4 Å². The number of nitrogens with zero attached hydrogens (tertiary/aromatic N) is 2. The average molecular weight is 286 g/mol. The molecule has 5 nitrogen and oxygen atoms in total. The molecular formula is C16H22N4O. The molecule has 1 aliphatic carbocycles. The predicted molar refractivity (Wildman–Crippen MR) is 84.3 cm³/mol. The standard InChI is InChI=1S/C16H22N4O/c1-21-14-7-5-13(6-8-14)20-16(12-3-2-4-12)15(11-19-20)18-10-9-17/h5-8,11-12,18H,2-4,9-10,17H2,1H3. The molecule has 5 heteroatoms. The fourth-order valence-corrected chi connectivity index (χ4v) is 2.70. The van der Waals surface area contributed by atoms with E-state index in [-0.39, 0.29) is 0 Å². The normalized spacial score (nSPS) is 14.8. The molecule has 0 saturated heterocycles. The molecule has 0 amide bonds. The van der Waals surface area contributed by atoms with E-state index in [4.69, 9.17) is 10.5 Å². The van der Waals surface area contributed by atoms with E-state index in [1.54, 1.807) is 7.11 Å². The van der Waals surface area contributed by atoms with Gasteiger partial charge < -0.3 is 15.8 Å². The Morgan fingerprint density at radius 1 is 1.33 bits per heavy atom. The summed E-state index contributed by atoms with van der Waals surface area (Å²) in [7, 11) is 1.68. The number of hydrogen-bond donors (Lipinski definition) is 2. The van der Waals surface area contributed by atoms with Gasteiger partial charge in [-0.3, -0.25) is 0 Å². The zero-order valence-corrected chi connectivity index (χ0v) is 12.4. The number of rotatable bonds is 6. The smallest absolute Gasteiger partial charge is 0.119 e. The van der Waals surface area contributed by atoms with Crippen molar-refractivity contribution < 1.29 is 4.74 Å². The molecule has 0 spiro atoms. The molecule has 1 fully saturated rings. The summed E-state index contributed by atoms with van der Waals surface area (Å²) >= 11 is 0. The highest BCUT2D eigenvalue weighted by atomic mass is 16.5. The topological polar surface area (TPSA) is 65.1 Å². The number of hydrogen-bond acceptors (Lipinski definition) is 4. The Hall–Kier alpha value is -2.01. The Morgan fingerprint density at radius 2 is 2.10 bits per heavy atom. The third kappa shape index (κ3) is 2.74. The molecule has 0 atom stereocenters. The minimum atomic E-state index is 0.592. The molecule has 1 aromatic carbocycles. The van der Waals surface area contributed by atoms with E-state index < -0.39 is 0 Å². The summed E-state index contributed by atoms with van der Waals surface area (Å²) in [4.78, 5) is 0. The lowest BCUT2D eigenvalue weighted by atomic mass is 9.82. The first-order chi connectivity index (χ1) is 10.3. The van der Waals surface area contributed by atoms with Crippen molar-refractivity contribution in [2.24, 2.45) is 5.73 Å². The minimum Gasteiger partial charge on any atom is -0.497 e. The number of nitrogens with two attached hydrogens (primary N) is 1. The molecule has 1 saturated carbocycles. The predicted octanol–water partition coefficient (Wildman–Crippen LogP) is 2.52. The van der Waals surface area contributed by atoms with Crippen LogP contribution in [-0.4, -0.2) is 30.0 Å². The van der Waals surface area contributed by atoms with Gasteiger partial charge in [-0.2, -0.15) is 5.10 Å². The SMILES string of the molecule is COc1ccc(-n2ncc(NCCN)c2C2CCC2)cc1. The highest BCUT2D eigenvalue weighted by Crippen LogP contribution is 2.40. The fraction of sp³-hybridized carbons (Fsp3) is 0.438. The van der Waals surface area contributed by atoms with Crippen LogP contribution in [0.4, 0.5) is 5.69 Å². The molecule has 0 radical (unpaired) electrons. The molecule has 0 aliphatic heterocycles. The second-order valence-electron chi connectivity index (χ2n) is 5.40. The van der Waals surface area contributed by atoms with Crippen molar-refractivity contribution in [3.05, 3.63) is 36.2 Å². The summed E-state index contributed by atoms with van der Waals surface area (Å²) in [6, 6.07) is 8.02. The Bertz CT molecular complexity index is 587. The van der Waals surface area contributed by atoms with Crippen LogP contribution in [0.1, 0.15) is 30.9 Å². The summed E-state index contributed by atoms with van der Waals surface area (Å²) in [6.45, 7) is 1.39. The Labute approximate surface area is 125 Å². The number of methoxy groups -OCH3 is 1. The third-order valence-electron chi connectivity index (χ3n) is 4.08. The molecule has 1 aliphatic rings. The van der Waals surface area contributed by atoms with Gasteiger partial charge in [0.1, 0.15) is 5.75 Å². The molecule has 0 unspecified atom stereocenters. The highest BCUT2D eigenvalue weighted by Gasteiger charge is 2.27. The number of benzene rings is 1. The van der Waals surface area contributed by atoms with Crippen LogP contribution in [0, 0.1) is 0 Å². The van der Waals surface area contributed by atoms with Gasteiger partial charge in [-0.25, -0.2) is 4.68 Å². The van der Waals surface area contributed by atoms with E-state index in [9.17, 15) is 0 Å². The number of ether oxygens (including phenoxy) is 1. The lowest BCUT2D eigenvalue weighted by Crippen LogP contribution is -2.18. The van der Waals surface area contributed by atoms with E-state index in [0.29, 0.717) is 12.5 Å². The number of nitrogens with one attached hydrogen (secondary N) is 1. The van der Waals surface area contributed by atoms with Gasteiger partial charge in [0.25, 0.3) is 0 Å². The van der Waals surface area contributed by atoms with E-state index in [1.165, 1.54) is 25.0 Å². The first kappa shape index (κ1) is 13.9. The van der Waals surface area contributed by atoms with Crippen LogP contribution < -0.4 is 15.8 Å². The molecule has 1 heterocycles. The van der Waals surface area contributed by atoms with Gasteiger partial charge in [0, 0.05) is 19.0 Å². The van der Waals surface area contributed by atoms with Gasteiger partial charge in [0.2, 0.25) is 0 Å². The highest BCUT2D eigenvalue weighted by molar-refractivity contribution is 5.52. The first-order valence-corrected chi connectivity index (χ1v) is 7.49. The van der Waals surface area contributed by atoms with Crippen LogP contribution >= 0.6 is 0 Å². The monoisotopic (exact) mass is 286 g/mol. The molecule has 0 bridgehead atoms. The lowest BCUT2D eigenvalue weighted by Gasteiger charge is -2.27. The summed E-state index contributed by atoms with van der Waals surface area (Å²) in [5.41, 5.74) is 9.05. The van der Waals surface area contributed by atoms with Gasteiger partial charge in [0.15, 0.2) is 0 Å². The molecule has 21 heavy (non-hydrogen) atoms. The van der Waals surface area contributed by atoms with Crippen LogP contribution in [0.5, 0.6) is 5.75 Å². The summed E-state index contributed by atoms with van der Waals surface area (Å²) in [5, 5.41) is 7.96.